The largest absolute Gasteiger partial charge is 0.495 e. The molecule has 0 radical (unpaired) electrons. The van der Waals surface area contributed by atoms with Crippen molar-refractivity contribution in [3.8, 4) is 11.5 Å². The third-order valence-electron chi connectivity index (χ3n) is 4.37. The van der Waals surface area contributed by atoms with Gasteiger partial charge in [-0.05, 0) is 12.1 Å². The molecule has 1 N–H and O–H groups in total. The molecule has 1 aliphatic heterocycles. The van der Waals surface area contributed by atoms with Crippen LogP contribution in [0.5, 0.6) is 11.5 Å². The standard InChI is InChI=1S/C19H18ClFN2O4/c1-26-16-9-14(17(27-2)8-12(16)20)22-19(25)11-7-18(24)23(10-11)15-6-4-3-5-13(15)21/h3-6,8-9,11H,7,10H2,1-2H3,(H,22,25)/t11-/m0/s1. The quantitative estimate of drug-likeness (QED) is 0.845. The Kier molecular flexibility index (Phi) is 5.51. The molecule has 142 valence electrons. The molecule has 2 aromatic carbocycles. The van der Waals surface area contributed by atoms with E-state index in [-0.39, 0.29) is 30.5 Å². The van der Waals surface area contributed by atoms with Gasteiger partial charge in [0.25, 0.3) is 0 Å². The second-order valence-electron chi connectivity index (χ2n) is 6.03. The van der Waals surface area contributed by atoms with E-state index in [0.29, 0.717) is 22.2 Å². The minimum absolute atomic E-state index is 0.00674. The predicted molar refractivity (Wildman–Crippen MR) is 100 cm³/mol. The van der Waals surface area contributed by atoms with E-state index < -0.39 is 11.7 Å². The normalized spacial score (nSPS) is 16.4. The summed E-state index contributed by atoms with van der Waals surface area (Å²) >= 11 is 6.06. The van der Waals surface area contributed by atoms with Gasteiger partial charge in [0, 0.05) is 25.1 Å². The highest BCUT2D eigenvalue weighted by molar-refractivity contribution is 6.32. The number of ether oxygens (including phenoxy) is 2. The third-order valence-corrected chi connectivity index (χ3v) is 4.67. The fourth-order valence-corrected chi connectivity index (χ4v) is 3.21. The maximum atomic E-state index is 14.0. The number of nitrogens with zero attached hydrogens (tertiary/aromatic N) is 1. The number of halogens is 2. The van der Waals surface area contributed by atoms with E-state index in [1.807, 2.05) is 0 Å². The van der Waals surface area contributed by atoms with E-state index in [0.717, 1.165) is 0 Å². The van der Waals surface area contributed by atoms with Gasteiger partial charge in [-0.1, -0.05) is 23.7 Å². The Labute approximate surface area is 160 Å². The van der Waals surface area contributed by atoms with Gasteiger partial charge in [0.15, 0.2) is 0 Å². The van der Waals surface area contributed by atoms with Crippen molar-refractivity contribution in [1.29, 1.82) is 0 Å². The molecule has 1 fully saturated rings. The topological polar surface area (TPSA) is 67.9 Å². The molecule has 3 rings (SSSR count). The first kappa shape index (κ1) is 19.0. The summed E-state index contributed by atoms with van der Waals surface area (Å²) in [6, 6.07) is 9.06. The minimum Gasteiger partial charge on any atom is -0.495 e. The zero-order valence-corrected chi connectivity index (χ0v) is 15.5. The van der Waals surface area contributed by atoms with Gasteiger partial charge >= 0.3 is 0 Å². The number of carbonyl (C=O) groups is 2. The van der Waals surface area contributed by atoms with Gasteiger partial charge in [0.1, 0.15) is 17.3 Å². The number of hydrogen-bond donors (Lipinski definition) is 1. The number of rotatable bonds is 5. The summed E-state index contributed by atoms with van der Waals surface area (Å²) in [6.45, 7) is 0.0959. The number of methoxy groups -OCH3 is 2. The Balaban J connectivity index is 1.78. The van der Waals surface area contributed by atoms with E-state index in [9.17, 15) is 14.0 Å². The number of anilines is 2. The van der Waals surface area contributed by atoms with Crippen LogP contribution in [0.4, 0.5) is 15.8 Å². The first-order valence-electron chi connectivity index (χ1n) is 8.22. The first-order chi connectivity index (χ1) is 12.9. The molecule has 1 heterocycles. The second kappa shape index (κ2) is 7.84. The zero-order valence-electron chi connectivity index (χ0n) is 14.8. The molecule has 0 spiro atoms. The van der Waals surface area contributed by atoms with Crippen LogP contribution in [-0.4, -0.2) is 32.6 Å². The van der Waals surface area contributed by atoms with E-state index in [2.05, 4.69) is 5.32 Å². The molecule has 1 atom stereocenters. The fraction of sp³-hybridized carbons (Fsp3) is 0.263. The first-order valence-corrected chi connectivity index (χ1v) is 8.59. The molecule has 6 nitrogen and oxygen atoms in total. The summed E-state index contributed by atoms with van der Waals surface area (Å²) in [5, 5.41) is 3.08. The summed E-state index contributed by atoms with van der Waals surface area (Å²) in [6.07, 6.45) is -0.00674. The third kappa shape index (κ3) is 3.83. The average Bonchev–Trinajstić information content (AvgIpc) is 3.04. The van der Waals surface area contributed by atoms with Crippen LogP contribution in [0.3, 0.4) is 0 Å². The molecule has 0 unspecified atom stereocenters. The number of nitrogens with one attached hydrogen (secondary N) is 1. The molecule has 0 bridgehead atoms. The molecule has 2 amide bonds. The van der Waals surface area contributed by atoms with Gasteiger partial charge in [0.05, 0.1) is 36.5 Å². The van der Waals surface area contributed by atoms with Crippen molar-refractivity contribution in [1.82, 2.24) is 0 Å². The van der Waals surface area contributed by atoms with Crippen LogP contribution in [-0.2, 0) is 9.59 Å². The smallest absolute Gasteiger partial charge is 0.229 e. The lowest BCUT2D eigenvalue weighted by molar-refractivity contribution is -0.122. The molecular formula is C19H18ClFN2O4. The van der Waals surface area contributed by atoms with Gasteiger partial charge in [-0.3, -0.25) is 9.59 Å². The van der Waals surface area contributed by atoms with Crippen LogP contribution in [0.2, 0.25) is 5.02 Å². The summed E-state index contributed by atoms with van der Waals surface area (Å²) < 4.78 is 24.4. The monoisotopic (exact) mass is 392 g/mol. The number of benzene rings is 2. The zero-order chi connectivity index (χ0) is 19.6. The van der Waals surface area contributed by atoms with Crippen LogP contribution >= 0.6 is 11.6 Å². The van der Waals surface area contributed by atoms with E-state index >= 15 is 0 Å². The van der Waals surface area contributed by atoms with Crippen molar-refractivity contribution in [2.24, 2.45) is 5.92 Å². The van der Waals surface area contributed by atoms with Crippen molar-refractivity contribution in [2.75, 3.05) is 31.0 Å². The molecular weight excluding hydrogens is 375 g/mol. The van der Waals surface area contributed by atoms with E-state index in [1.54, 1.807) is 18.2 Å². The number of amides is 2. The van der Waals surface area contributed by atoms with Gasteiger partial charge in [-0.25, -0.2) is 4.39 Å². The maximum Gasteiger partial charge on any atom is 0.229 e. The summed E-state index contributed by atoms with van der Waals surface area (Å²) in [7, 11) is 2.91. The Morgan fingerprint density at radius 1 is 1.22 bits per heavy atom. The average molecular weight is 393 g/mol. The molecule has 2 aromatic rings. The molecule has 1 aliphatic rings. The van der Waals surface area contributed by atoms with Crippen molar-refractivity contribution in [2.45, 2.75) is 6.42 Å². The van der Waals surface area contributed by atoms with Crippen molar-refractivity contribution in [3.63, 3.8) is 0 Å². The van der Waals surface area contributed by atoms with Crippen LogP contribution in [0.25, 0.3) is 0 Å². The van der Waals surface area contributed by atoms with Crippen LogP contribution in [0.15, 0.2) is 36.4 Å². The van der Waals surface area contributed by atoms with Gasteiger partial charge in [-0.15, -0.1) is 0 Å². The molecule has 0 aliphatic carbocycles. The Morgan fingerprint density at radius 2 is 1.93 bits per heavy atom. The SMILES string of the molecule is COc1cc(NC(=O)[C@H]2CC(=O)N(c3ccccc3F)C2)c(OC)cc1Cl. The molecule has 0 aromatic heterocycles. The van der Waals surface area contributed by atoms with Crippen molar-refractivity contribution in [3.05, 3.63) is 47.2 Å². The van der Waals surface area contributed by atoms with E-state index in [1.165, 1.54) is 37.3 Å². The van der Waals surface area contributed by atoms with E-state index in [4.69, 9.17) is 21.1 Å². The second-order valence-corrected chi connectivity index (χ2v) is 6.44. The highest BCUT2D eigenvalue weighted by atomic mass is 35.5. The molecule has 1 saturated heterocycles. The summed E-state index contributed by atoms with van der Waals surface area (Å²) in [5.74, 6) is -1.06. The Bertz CT molecular complexity index is 890. The summed E-state index contributed by atoms with van der Waals surface area (Å²) in [4.78, 5) is 26.2. The summed E-state index contributed by atoms with van der Waals surface area (Å²) in [5.41, 5.74) is 0.545. The highest BCUT2D eigenvalue weighted by Crippen LogP contribution is 2.36. The Morgan fingerprint density at radius 3 is 2.59 bits per heavy atom. The molecule has 27 heavy (non-hydrogen) atoms. The lowest BCUT2D eigenvalue weighted by Crippen LogP contribution is -2.28. The van der Waals surface area contributed by atoms with Crippen LogP contribution < -0.4 is 19.7 Å². The van der Waals surface area contributed by atoms with Gasteiger partial charge in [0.2, 0.25) is 11.8 Å². The van der Waals surface area contributed by atoms with Gasteiger partial charge < -0.3 is 19.7 Å². The molecule has 0 saturated carbocycles. The van der Waals surface area contributed by atoms with Crippen molar-refractivity contribution >= 4 is 34.8 Å². The number of carbonyl (C=O) groups excluding carboxylic acids is 2. The fourth-order valence-electron chi connectivity index (χ4n) is 2.98. The van der Waals surface area contributed by atoms with Gasteiger partial charge in [-0.2, -0.15) is 0 Å². The predicted octanol–water partition coefficient (Wildman–Crippen LogP) is 3.49. The molecule has 8 heteroatoms. The number of para-hydroxylation sites is 1. The maximum absolute atomic E-state index is 14.0. The van der Waals surface area contributed by atoms with Crippen LogP contribution in [0.1, 0.15) is 6.42 Å². The lowest BCUT2D eigenvalue weighted by atomic mass is 10.1. The minimum atomic E-state index is -0.622. The Hall–Kier alpha value is -2.80. The van der Waals surface area contributed by atoms with Crippen molar-refractivity contribution < 1.29 is 23.5 Å². The number of hydrogen-bond acceptors (Lipinski definition) is 4. The lowest BCUT2D eigenvalue weighted by Gasteiger charge is -2.18. The highest BCUT2D eigenvalue weighted by Gasteiger charge is 2.36. The van der Waals surface area contributed by atoms with Crippen LogP contribution in [0, 0.1) is 11.7 Å².